The van der Waals surface area contributed by atoms with Crippen LogP contribution in [0.2, 0.25) is 0 Å². The first-order valence-electron chi connectivity index (χ1n) is 10.0. The highest BCUT2D eigenvalue weighted by atomic mass is 19.2. The Morgan fingerprint density at radius 1 is 0.867 bits per heavy atom. The summed E-state index contributed by atoms with van der Waals surface area (Å²) >= 11 is 0. The second-order valence-corrected chi connectivity index (χ2v) is 8.03. The average Bonchev–Trinajstić information content (AvgIpc) is 3.09. The molecule has 3 aromatic carbocycles. The first-order chi connectivity index (χ1) is 14.4. The Kier molecular flexibility index (Phi) is 5.67. The number of benzene rings is 3. The van der Waals surface area contributed by atoms with E-state index in [1.54, 1.807) is 18.2 Å². The van der Waals surface area contributed by atoms with Crippen LogP contribution in [0.1, 0.15) is 29.5 Å². The molecule has 1 heterocycles. The fourth-order valence-electron chi connectivity index (χ4n) is 4.19. The van der Waals surface area contributed by atoms with Gasteiger partial charge >= 0.3 is 0 Å². The molecule has 2 nitrogen and oxygen atoms in total. The van der Waals surface area contributed by atoms with Crippen LogP contribution in [-0.4, -0.2) is 25.5 Å². The Hall–Kier alpha value is -2.63. The molecule has 0 bridgehead atoms. The van der Waals surface area contributed by atoms with Crippen molar-refractivity contribution in [2.45, 2.75) is 25.0 Å². The number of hydrogen-bond donors (Lipinski definition) is 0. The maximum Gasteiger partial charge on any atom is 0.159 e. The van der Waals surface area contributed by atoms with Crippen LogP contribution in [0.5, 0.6) is 0 Å². The van der Waals surface area contributed by atoms with Gasteiger partial charge in [0.2, 0.25) is 0 Å². The second-order valence-electron chi connectivity index (χ2n) is 8.03. The van der Waals surface area contributed by atoms with Crippen molar-refractivity contribution >= 4 is 0 Å². The zero-order chi connectivity index (χ0) is 21.3. The number of rotatable bonds is 6. The Bertz CT molecular complexity index is 1050. The molecular weight excluding hydrogens is 387 g/mol. The molecule has 0 radical (unpaired) electrons. The largest absolute Gasteiger partial charge is 0.361 e. The van der Waals surface area contributed by atoms with Gasteiger partial charge < -0.3 is 9.64 Å². The van der Waals surface area contributed by atoms with Crippen molar-refractivity contribution < 1.29 is 17.9 Å². The summed E-state index contributed by atoms with van der Waals surface area (Å²) in [5.74, 6) is -2.01. The lowest BCUT2D eigenvalue weighted by atomic mass is 9.81. The topological polar surface area (TPSA) is 12.5 Å². The Morgan fingerprint density at radius 3 is 2.27 bits per heavy atom. The standard InChI is InChI=1S/C25H24F3NO/c1-29(2)13-3-12-25(20-6-8-21(26)9-7-20)22-10-4-17(14-19(22)16-30-25)18-5-11-23(27)24(28)15-18/h4-11,14-15H,3,12-13,16H2,1-2H3. The molecule has 0 N–H and O–H groups in total. The van der Waals surface area contributed by atoms with Crippen LogP contribution < -0.4 is 0 Å². The zero-order valence-corrected chi connectivity index (χ0v) is 17.1. The molecule has 3 aromatic rings. The SMILES string of the molecule is CN(C)CCCC1(c2ccc(F)cc2)OCc2cc(-c3ccc(F)c(F)c3)ccc21. The van der Waals surface area contributed by atoms with Gasteiger partial charge in [-0.1, -0.05) is 30.3 Å². The summed E-state index contributed by atoms with van der Waals surface area (Å²) < 4.78 is 46.9. The maximum absolute atomic E-state index is 13.7. The summed E-state index contributed by atoms with van der Waals surface area (Å²) in [5.41, 5.74) is 3.74. The fraction of sp³-hybridized carbons (Fsp3) is 0.280. The lowest BCUT2D eigenvalue weighted by molar-refractivity contribution is -0.0140. The molecule has 1 unspecified atom stereocenters. The van der Waals surface area contributed by atoms with E-state index in [1.165, 1.54) is 18.2 Å². The molecule has 0 spiro atoms. The lowest BCUT2D eigenvalue weighted by Gasteiger charge is -2.31. The van der Waals surface area contributed by atoms with Crippen LogP contribution >= 0.6 is 0 Å². The van der Waals surface area contributed by atoms with Gasteiger partial charge in [0.05, 0.1) is 6.61 Å². The number of fused-ring (bicyclic) bond motifs is 1. The molecule has 1 atom stereocenters. The van der Waals surface area contributed by atoms with E-state index in [9.17, 15) is 13.2 Å². The minimum Gasteiger partial charge on any atom is -0.361 e. The van der Waals surface area contributed by atoms with E-state index >= 15 is 0 Å². The highest BCUT2D eigenvalue weighted by molar-refractivity contribution is 5.66. The van der Waals surface area contributed by atoms with Crippen LogP contribution in [0.3, 0.4) is 0 Å². The van der Waals surface area contributed by atoms with E-state index in [1.807, 2.05) is 32.3 Å². The molecule has 4 rings (SSSR count). The normalized spacial score (nSPS) is 18.1. The molecule has 0 aromatic heterocycles. The van der Waals surface area contributed by atoms with Crippen molar-refractivity contribution in [3.63, 3.8) is 0 Å². The van der Waals surface area contributed by atoms with E-state index in [0.717, 1.165) is 47.7 Å². The smallest absolute Gasteiger partial charge is 0.159 e. The van der Waals surface area contributed by atoms with Crippen molar-refractivity contribution in [2.24, 2.45) is 0 Å². The van der Waals surface area contributed by atoms with Crippen molar-refractivity contribution in [3.05, 3.63) is 94.8 Å². The Morgan fingerprint density at radius 2 is 1.57 bits per heavy atom. The maximum atomic E-state index is 13.7. The lowest BCUT2D eigenvalue weighted by Crippen LogP contribution is -2.28. The third kappa shape index (κ3) is 3.87. The van der Waals surface area contributed by atoms with Crippen LogP contribution in [0, 0.1) is 17.5 Å². The van der Waals surface area contributed by atoms with Crippen molar-refractivity contribution in [2.75, 3.05) is 20.6 Å². The molecule has 0 aliphatic carbocycles. The van der Waals surface area contributed by atoms with Gasteiger partial charge in [-0.25, -0.2) is 13.2 Å². The average molecular weight is 411 g/mol. The van der Waals surface area contributed by atoms with E-state index in [-0.39, 0.29) is 5.82 Å². The van der Waals surface area contributed by atoms with Gasteiger partial charge in [-0.3, -0.25) is 0 Å². The summed E-state index contributed by atoms with van der Waals surface area (Å²) in [6, 6.07) is 16.3. The molecule has 0 fully saturated rings. The third-order valence-corrected chi connectivity index (χ3v) is 5.71. The van der Waals surface area contributed by atoms with Gasteiger partial charge in [-0.05, 0) is 91.6 Å². The molecule has 0 saturated heterocycles. The fourth-order valence-corrected chi connectivity index (χ4v) is 4.19. The number of halogens is 3. The van der Waals surface area contributed by atoms with Gasteiger partial charge in [-0.15, -0.1) is 0 Å². The monoisotopic (exact) mass is 411 g/mol. The molecule has 156 valence electrons. The predicted octanol–water partition coefficient (Wildman–Crippen LogP) is 5.89. The molecule has 0 saturated carbocycles. The molecule has 30 heavy (non-hydrogen) atoms. The molecule has 1 aliphatic rings. The van der Waals surface area contributed by atoms with Gasteiger partial charge in [0.1, 0.15) is 11.4 Å². The summed E-state index contributed by atoms with van der Waals surface area (Å²) in [4.78, 5) is 2.13. The summed E-state index contributed by atoms with van der Waals surface area (Å²) in [6.45, 7) is 1.32. The van der Waals surface area contributed by atoms with Crippen LogP contribution in [-0.2, 0) is 16.9 Å². The van der Waals surface area contributed by atoms with E-state index < -0.39 is 17.2 Å². The summed E-state index contributed by atoms with van der Waals surface area (Å²) in [7, 11) is 4.06. The van der Waals surface area contributed by atoms with Gasteiger partial charge in [0.15, 0.2) is 11.6 Å². The molecular formula is C25H24F3NO. The number of nitrogens with zero attached hydrogens (tertiary/aromatic N) is 1. The van der Waals surface area contributed by atoms with Crippen LogP contribution in [0.15, 0.2) is 60.7 Å². The highest BCUT2D eigenvalue weighted by Crippen LogP contribution is 2.46. The minimum atomic E-state index is -0.867. The molecule has 5 heteroatoms. The van der Waals surface area contributed by atoms with Crippen molar-refractivity contribution in [1.29, 1.82) is 0 Å². The van der Waals surface area contributed by atoms with Crippen LogP contribution in [0.25, 0.3) is 11.1 Å². The Balaban J connectivity index is 1.73. The van der Waals surface area contributed by atoms with E-state index in [2.05, 4.69) is 4.90 Å². The summed E-state index contributed by atoms with van der Waals surface area (Å²) in [6.07, 6.45) is 1.67. The highest BCUT2D eigenvalue weighted by Gasteiger charge is 2.41. The molecule has 0 amide bonds. The second kappa shape index (κ2) is 8.25. The van der Waals surface area contributed by atoms with Gasteiger partial charge in [-0.2, -0.15) is 0 Å². The first-order valence-corrected chi connectivity index (χ1v) is 10.0. The minimum absolute atomic E-state index is 0.283. The van der Waals surface area contributed by atoms with Gasteiger partial charge in [0, 0.05) is 0 Å². The Labute approximate surface area is 174 Å². The van der Waals surface area contributed by atoms with E-state index in [0.29, 0.717) is 12.2 Å². The van der Waals surface area contributed by atoms with E-state index in [4.69, 9.17) is 4.74 Å². The summed E-state index contributed by atoms with van der Waals surface area (Å²) in [5, 5.41) is 0. The van der Waals surface area contributed by atoms with Crippen molar-refractivity contribution in [3.8, 4) is 11.1 Å². The molecule has 1 aliphatic heterocycles. The first kappa shape index (κ1) is 20.6. The third-order valence-electron chi connectivity index (χ3n) is 5.71. The van der Waals surface area contributed by atoms with Gasteiger partial charge in [0.25, 0.3) is 0 Å². The zero-order valence-electron chi connectivity index (χ0n) is 17.1. The van der Waals surface area contributed by atoms with Crippen LogP contribution in [0.4, 0.5) is 13.2 Å². The number of hydrogen-bond acceptors (Lipinski definition) is 2. The quantitative estimate of drug-likeness (QED) is 0.502. The predicted molar refractivity (Wildman–Crippen MR) is 112 cm³/mol. The number of ether oxygens (including phenoxy) is 1. The van der Waals surface area contributed by atoms with Crippen molar-refractivity contribution in [1.82, 2.24) is 4.90 Å².